The number of amides is 3. The van der Waals surface area contributed by atoms with Crippen molar-refractivity contribution in [2.24, 2.45) is 0 Å². The van der Waals surface area contributed by atoms with E-state index in [0.29, 0.717) is 34.8 Å². The summed E-state index contributed by atoms with van der Waals surface area (Å²) in [5.74, 6) is -1.93. The van der Waals surface area contributed by atoms with Gasteiger partial charge in [0.15, 0.2) is 0 Å². The first-order valence-electron chi connectivity index (χ1n) is 12.5. The Hall–Kier alpha value is -4.43. The lowest BCUT2D eigenvalue weighted by atomic mass is 10.1. The van der Waals surface area contributed by atoms with E-state index in [0.717, 1.165) is 28.9 Å². The number of benzene rings is 3. The second-order valence-electron chi connectivity index (χ2n) is 9.20. The molecule has 39 heavy (non-hydrogen) atoms. The number of carbonyl (C=O) groups is 4. The van der Waals surface area contributed by atoms with Crippen LogP contribution >= 0.6 is 11.6 Å². The molecule has 0 aliphatic carbocycles. The van der Waals surface area contributed by atoms with Crippen LogP contribution in [0.5, 0.6) is 0 Å². The van der Waals surface area contributed by atoms with Gasteiger partial charge in [0.2, 0.25) is 0 Å². The molecule has 2 N–H and O–H groups in total. The summed E-state index contributed by atoms with van der Waals surface area (Å²) in [7, 11) is 0. The van der Waals surface area contributed by atoms with Crippen LogP contribution in [-0.2, 0) is 14.3 Å². The minimum Gasteiger partial charge on any atom is -0.462 e. The van der Waals surface area contributed by atoms with Gasteiger partial charge in [0.25, 0.3) is 17.7 Å². The molecule has 0 fully saturated rings. The number of hydrogen-bond donors (Lipinski definition) is 2. The van der Waals surface area contributed by atoms with E-state index in [9.17, 15) is 19.2 Å². The first-order valence-corrected chi connectivity index (χ1v) is 12.9. The average molecular weight is 546 g/mol. The van der Waals surface area contributed by atoms with Crippen LogP contribution in [0.15, 0.2) is 77.5 Å². The molecule has 8 nitrogen and oxygen atoms in total. The molecule has 3 amide bonds. The lowest BCUT2D eigenvalue weighted by Gasteiger charge is -2.16. The second-order valence-corrected chi connectivity index (χ2v) is 9.58. The minimum absolute atomic E-state index is 0.0358. The quantitative estimate of drug-likeness (QED) is 0.196. The Bertz CT molecular complexity index is 1440. The second kappa shape index (κ2) is 12.0. The zero-order valence-electron chi connectivity index (χ0n) is 21.8. The SMILES string of the molecule is CCCCOC(=O)c1ccc(NC(=O)c2ccc(NC3=C(Cl)C(=O)N(c4cc(C)cc(C)c4)C3=O)cc2)cc1. The Labute approximate surface area is 231 Å². The number of nitrogens with zero attached hydrogens (tertiary/aromatic N) is 1. The third-order valence-electron chi connectivity index (χ3n) is 6.02. The van der Waals surface area contributed by atoms with Crippen LogP contribution in [0, 0.1) is 13.8 Å². The van der Waals surface area contributed by atoms with E-state index in [1.807, 2.05) is 26.8 Å². The number of anilines is 3. The predicted molar refractivity (Wildman–Crippen MR) is 151 cm³/mol. The maximum atomic E-state index is 13.1. The van der Waals surface area contributed by atoms with Crippen molar-refractivity contribution in [3.8, 4) is 0 Å². The van der Waals surface area contributed by atoms with E-state index in [1.54, 1.807) is 60.7 Å². The van der Waals surface area contributed by atoms with Gasteiger partial charge >= 0.3 is 5.97 Å². The zero-order chi connectivity index (χ0) is 28.1. The Balaban J connectivity index is 1.39. The Morgan fingerprint density at radius 2 is 1.44 bits per heavy atom. The number of halogens is 1. The zero-order valence-corrected chi connectivity index (χ0v) is 22.6. The van der Waals surface area contributed by atoms with E-state index < -0.39 is 17.8 Å². The van der Waals surface area contributed by atoms with Gasteiger partial charge in [-0.15, -0.1) is 0 Å². The van der Waals surface area contributed by atoms with Crippen LogP contribution in [0.25, 0.3) is 0 Å². The third-order valence-corrected chi connectivity index (χ3v) is 6.37. The molecule has 1 aliphatic rings. The molecule has 0 spiro atoms. The number of aryl methyl sites for hydroxylation is 2. The molecule has 0 radical (unpaired) electrons. The van der Waals surface area contributed by atoms with Crippen molar-refractivity contribution in [1.29, 1.82) is 0 Å². The maximum Gasteiger partial charge on any atom is 0.338 e. The molecular formula is C30H28ClN3O5. The normalized spacial score (nSPS) is 13.1. The maximum absolute atomic E-state index is 13.1. The van der Waals surface area contributed by atoms with Gasteiger partial charge in [-0.2, -0.15) is 0 Å². The standard InChI is InChI=1S/C30H28ClN3O5/c1-4-5-14-39-30(38)21-8-12-23(13-9-21)33-27(35)20-6-10-22(11-7-20)32-26-25(31)28(36)34(29(26)37)24-16-18(2)15-19(3)17-24/h6-13,15-17,32H,4-5,14H2,1-3H3,(H,33,35). The minimum atomic E-state index is -0.606. The number of unbranched alkanes of at least 4 members (excludes halogenated alkanes) is 1. The largest absolute Gasteiger partial charge is 0.462 e. The van der Waals surface area contributed by atoms with Crippen LogP contribution in [0.2, 0.25) is 0 Å². The van der Waals surface area contributed by atoms with Gasteiger partial charge in [-0.05, 0) is 92.1 Å². The number of carbonyl (C=O) groups excluding carboxylic acids is 4. The molecule has 3 aromatic rings. The van der Waals surface area contributed by atoms with Crippen molar-refractivity contribution in [1.82, 2.24) is 0 Å². The van der Waals surface area contributed by atoms with Crippen LogP contribution in [0.4, 0.5) is 17.1 Å². The number of esters is 1. The topological polar surface area (TPSA) is 105 Å². The van der Waals surface area contributed by atoms with Crippen molar-refractivity contribution < 1.29 is 23.9 Å². The molecule has 0 unspecified atom stereocenters. The fourth-order valence-electron chi connectivity index (χ4n) is 4.06. The predicted octanol–water partition coefficient (Wildman–Crippen LogP) is 5.95. The summed E-state index contributed by atoms with van der Waals surface area (Å²) in [6.07, 6.45) is 1.74. The van der Waals surface area contributed by atoms with Crippen molar-refractivity contribution in [2.45, 2.75) is 33.6 Å². The first kappa shape index (κ1) is 27.6. The summed E-state index contributed by atoms with van der Waals surface area (Å²) in [6, 6.07) is 18.3. The van der Waals surface area contributed by atoms with Gasteiger partial charge in [0.05, 0.1) is 17.9 Å². The number of ether oxygens (including phenoxy) is 1. The van der Waals surface area contributed by atoms with E-state index in [4.69, 9.17) is 16.3 Å². The van der Waals surface area contributed by atoms with E-state index in [-0.39, 0.29) is 16.6 Å². The molecule has 1 aliphatic heterocycles. The summed E-state index contributed by atoms with van der Waals surface area (Å²) in [5, 5.41) is 5.48. The molecule has 0 saturated carbocycles. The molecule has 4 rings (SSSR count). The van der Waals surface area contributed by atoms with Gasteiger partial charge < -0.3 is 15.4 Å². The molecule has 0 bridgehead atoms. The monoisotopic (exact) mass is 545 g/mol. The molecule has 0 aromatic heterocycles. The summed E-state index contributed by atoms with van der Waals surface area (Å²) in [6.45, 7) is 6.15. The molecule has 9 heteroatoms. The fourth-order valence-corrected chi connectivity index (χ4v) is 4.27. The van der Waals surface area contributed by atoms with Crippen LogP contribution in [0.1, 0.15) is 51.6 Å². The van der Waals surface area contributed by atoms with Gasteiger partial charge in [-0.1, -0.05) is 31.0 Å². The summed E-state index contributed by atoms with van der Waals surface area (Å²) >= 11 is 6.24. The molecule has 200 valence electrons. The molecule has 0 atom stereocenters. The Kier molecular flexibility index (Phi) is 8.46. The molecule has 3 aromatic carbocycles. The van der Waals surface area contributed by atoms with Gasteiger partial charge in [0.1, 0.15) is 10.7 Å². The van der Waals surface area contributed by atoms with Crippen molar-refractivity contribution in [3.05, 3.63) is 99.7 Å². The third kappa shape index (κ3) is 6.35. The number of nitrogens with one attached hydrogen (secondary N) is 2. The van der Waals surface area contributed by atoms with Crippen molar-refractivity contribution in [3.63, 3.8) is 0 Å². The number of hydrogen-bond acceptors (Lipinski definition) is 6. The molecule has 0 saturated heterocycles. The fraction of sp³-hybridized carbons (Fsp3) is 0.200. The number of imide groups is 1. The first-order chi connectivity index (χ1) is 18.7. The smallest absolute Gasteiger partial charge is 0.338 e. The Morgan fingerprint density at radius 1 is 0.846 bits per heavy atom. The molecular weight excluding hydrogens is 518 g/mol. The van der Waals surface area contributed by atoms with Crippen LogP contribution in [0.3, 0.4) is 0 Å². The summed E-state index contributed by atoms with van der Waals surface area (Å²) in [4.78, 5) is 51.6. The highest BCUT2D eigenvalue weighted by atomic mass is 35.5. The summed E-state index contributed by atoms with van der Waals surface area (Å²) < 4.78 is 5.19. The van der Waals surface area contributed by atoms with E-state index in [1.165, 1.54) is 0 Å². The van der Waals surface area contributed by atoms with Gasteiger partial charge in [-0.25, -0.2) is 9.69 Å². The van der Waals surface area contributed by atoms with Crippen molar-refractivity contribution >= 4 is 52.4 Å². The van der Waals surface area contributed by atoms with Crippen molar-refractivity contribution in [2.75, 3.05) is 22.1 Å². The number of rotatable bonds is 9. The van der Waals surface area contributed by atoms with Gasteiger partial charge in [-0.3, -0.25) is 14.4 Å². The summed E-state index contributed by atoms with van der Waals surface area (Å²) in [5.41, 5.74) is 4.02. The van der Waals surface area contributed by atoms with E-state index >= 15 is 0 Å². The van der Waals surface area contributed by atoms with Gasteiger partial charge in [0, 0.05) is 16.9 Å². The van der Waals surface area contributed by atoms with E-state index in [2.05, 4.69) is 10.6 Å². The lowest BCUT2D eigenvalue weighted by Crippen LogP contribution is -2.32. The highest BCUT2D eigenvalue weighted by Gasteiger charge is 2.39. The highest BCUT2D eigenvalue weighted by Crippen LogP contribution is 2.31. The van der Waals surface area contributed by atoms with Crippen LogP contribution in [-0.4, -0.2) is 30.3 Å². The molecule has 1 heterocycles. The Morgan fingerprint density at radius 3 is 2.05 bits per heavy atom. The average Bonchev–Trinajstić information content (AvgIpc) is 3.12. The highest BCUT2D eigenvalue weighted by molar-refractivity contribution is 6.53. The van der Waals surface area contributed by atoms with Crippen LogP contribution < -0.4 is 15.5 Å². The lowest BCUT2D eigenvalue weighted by molar-refractivity contribution is -0.120.